The molecule has 0 aromatic heterocycles. The Kier molecular flexibility index (Phi) is 4.82. The number of rotatable bonds is 5. The predicted octanol–water partition coefficient (Wildman–Crippen LogP) is 2.88. The molecule has 0 radical (unpaired) electrons. The van der Waals surface area contributed by atoms with Gasteiger partial charge >= 0.3 is 0 Å². The summed E-state index contributed by atoms with van der Waals surface area (Å²) in [4.78, 5) is 11.4. The number of ether oxygens (including phenoxy) is 2. The van der Waals surface area contributed by atoms with E-state index in [0.29, 0.717) is 29.0 Å². The maximum absolute atomic E-state index is 11.4. The highest BCUT2D eigenvalue weighted by molar-refractivity contribution is 6.31. The van der Waals surface area contributed by atoms with Gasteiger partial charge in [-0.3, -0.25) is 4.79 Å². The van der Waals surface area contributed by atoms with Crippen LogP contribution in [0, 0.1) is 5.92 Å². The normalized spacial score (nSPS) is 18.1. The summed E-state index contributed by atoms with van der Waals surface area (Å²) >= 11 is 5.92. The first-order valence-corrected chi connectivity index (χ1v) is 6.50. The molecule has 1 N–H and O–H groups in total. The second-order valence-electron chi connectivity index (χ2n) is 4.37. The zero-order valence-corrected chi connectivity index (χ0v) is 11.3. The predicted molar refractivity (Wildman–Crippen MR) is 74.7 cm³/mol. The van der Waals surface area contributed by atoms with Gasteiger partial charge in [-0.25, -0.2) is 0 Å². The molecule has 5 heteroatoms. The molecule has 4 nitrogen and oxygen atoms in total. The van der Waals surface area contributed by atoms with Gasteiger partial charge in [-0.2, -0.15) is 0 Å². The van der Waals surface area contributed by atoms with Crippen molar-refractivity contribution in [3.05, 3.63) is 35.9 Å². The van der Waals surface area contributed by atoms with Crippen molar-refractivity contribution in [2.45, 2.75) is 6.42 Å². The summed E-state index contributed by atoms with van der Waals surface area (Å²) in [7, 11) is 0. The Balaban J connectivity index is 2.04. The van der Waals surface area contributed by atoms with Crippen LogP contribution in [0.2, 0.25) is 5.02 Å². The van der Waals surface area contributed by atoms with Crippen LogP contribution in [-0.2, 0) is 9.53 Å². The van der Waals surface area contributed by atoms with Crippen molar-refractivity contribution >= 4 is 23.2 Å². The second-order valence-corrected chi connectivity index (χ2v) is 4.81. The van der Waals surface area contributed by atoms with Crippen molar-refractivity contribution in [1.82, 2.24) is 0 Å². The van der Waals surface area contributed by atoms with Gasteiger partial charge < -0.3 is 14.8 Å². The molecule has 0 aliphatic carbocycles. The van der Waals surface area contributed by atoms with E-state index < -0.39 is 0 Å². The lowest BCUT2D eigenvalue weighted by atomic mass is 10.1. The Morgan fingerprint density at radius 1 is 1.63 bits per heavy atom. The van der Waals surface area contributed by atoms with Crippen molar-refractivity contribution in [2.24, 2.45) is 5.92 Å². The Morgan fingerprint density at radius 2 is 2.47 bits per heavy atom. The van der Waals surface area contributed by atoms with Gasteiger partial charge in [-0.05, 0) is 30.7 Å². The van der Waals surface area contributed by atoms with Gasteiger partial charge in [-0.15, -0.1) is 0 Å². The molecule has 1 fully saturated rings. The lowest BCUT2D eigenvalue weighted by Crippen LogP contribution is -2.14. The molecule has 0 saturated carbocycles. The molecule has 1 aliphatic heterocycles. The van der Waals surface area contributed by atoms with Crippen LogP contribution in [0.25, 0.3) is 0 Å². The van der Waals surface area contributed by atoms with Crippen molar-refractivity contribution in [3.8, 4) is 5.75 Å². The maximum atomic E-state index is 11.4. The maximum Gasteiger partial charge on any atom is 0.247 e. The summed E-state index contributed by atoms with van der Waals surface area (Å²) in [6.45, 7) is 5.49. The van der Waals surface area contributed by atoms with Gasteiger partial charge in [0.1, 0.15) is 5.75 Å². The average molecular weight is 282 g/mol. The third-order valence-electron chi connectivity index (χ3n) is 2.88. The first-order valence-electron chi connectivity index (χ1n) is 6.12. The summed E-state index contributed by atoms with van der Waals surface area (Å²) in [5.74, 6) is 0.710. The summed E-state index contributed by atoms with van der Waals surface area (Å²) < 4.78 is 11.0. The summed E-state index contributed by atoms with van der Waals surface area (Å²) in [6.07, 6.45) is 2.21. The Morgan fingerprint density at radius 3 is 3.16 bits per heavy atom. The van der Waals surface area contributed by atoms with E-state index in [4.69, 9.17) is 21.1 Å². The van der Waals surface area contributed by atoms with E-state index in [-0.39, 0.29) is 5.91 Å². The Hall–Kier alpha value is -1.52. The fraction of sp³-hybridized carbons (Fsp3) is 0.357. The fourth-order valence-corrected chi connectivity index (χ4v) is 2.00. The molecule has 1 aromatic carbocycles. The number of halogens is 1. The first-order chi connectivity index (χ1) is 9.19. The number of carbonyl (C=O) groups is 1. The minimum Gasteiger partial charge on any atom is -0.491 e. The molecule has 1 aromatic rings. The van der Waals surface area contributed by atoms with Gasteiger partial charge in [0, 0.05) is 17.5 Å². The molecule has 1 unspecified atom stereocenters. The van der Waals surface area contributed by atoms with E-state index in [9.17, 15) is 4.79 Å². The molecule has 1 atom stereocenters. The number of benzene rings is 1. The van der Waals surface area contributed by atoms with Gasteiger partial charge in [0.25, 0.3) is 0 Å². The van der Waals surface area contributed by atoms with E-state index in [1.807, 2.05) is 0 Å². The third kappa shape index (κ3) is 3.98. The number of hydrogen-bond donors (Lipinski definition) is 1. The van der Waals surface area contributed by atoms with E-state index in [1.54, 1.807) is 18.2 Å². The molecule has 1 amide bonds. The topological polar surface area (TPSA) is 47.6 Å². The molecular weight excluding hydrogens is 266 g/mol. The number of anilines is 1. The van der Waals surface area contributed by atoms with Crippen LogP contribution in [-0.4, -0.2) is 25.7 Å². The standard InChI is InChI=1S/C14H16ClNO3/c1-2-14(17)16-12-7-11(15)3-4-13(12)19-9-10-5-6-18-8-10/h2-4,7,10H,1,5-6,8-9H2,(H,16,17). The summed E-state index contributed by atoms with van der Waals surface area (Å²) in [5, 5.41) is 3.22. The first kappa shape index (κ1) is 13.9. The van der Waals surface area contributed by atoms with Gasteiger partial charge in [0.2, 0.25) is 5.91 Å². The average Bonchev–Trinajstić information content (AvgIpc) is 2.91. The quantitative estimate of drug-likeness (QED) is 0.844. The van der Waals surface area contributed by atoms with Crippen molar-refractivity contribution < 1.29 is 14.3 Å². The van der Waals surface area contributed by atoms with Crippen LogP contribution >= 0.6 is 11.6 Å². The lowest BCUT2D eigenvalue weighted by Gasteiger charge is -2.14. The molecule has 1 saturated heterocycles. The minimum absolute atomic E-state index is 0.295. The highest BCUT2D eigenvalue weighted by Crippen LogP contribution is 2.29. The zero-order valence-electron chi connectivity index (χ0n) is 10.5. The van der Waals surface area contributed by atoms with Crippen LogP contribution < -0.4 is 10.1 Å². The van der Waals surface area contributed by atoms with Crippen LogP contribution in [0.4, 0.5) is 5.69 Å². The molecule has 19 heavy (non-hydrogen) atoms. The highest BCUT2D eigenvalue weighted by Gasteiger charge is 2.17. The number of amides is 1. The van der Waals surface area contributed by atoms with Crippen molar-refractivity contribution in [1.29, 1.82) is 0 Å². The number of nitrogens with one attached hydrogen (secondary N) is 1. The minimum atomic E-state index is -0.295. The smallest absolute Gasteiger partial charge is 0.247 e. The molecular formula is C14H16ClNO3. The van der Waals surface area contributed by atoms with Crippen LogP contribution in [0.15, 0.2) is 30.9 Å². The number of carbonyl (C=O) groups excluding carboxylic acids is 1. The Labute approximate surface area is 117 Å². The summed E-state index contributed by atoms with van der Waals surface area (Å²) in [5.41, 5.74) is 0.552. The van der Waals surface area contributed by atoms with Crippen molar-refractivity contribution in [2.75, 3.05) is 25.1 Å². The fourth-order valence-electron chi connectivity index (χ4n) is 1.83. The molecule has 1 heterocycles. The lowest BCUT2D eigenvalue weighted by molar-refractivity contribution is -0.111. The monoisotopic (exact) mass is 281 g/mol. The van der Waals surface area contributed by atoms with E-state index in [0.717, 1.165) is 19.6 Å². The van der Waals surface area contributed by atoms with Crippen LogP contribution in [0.1, 0.15) is 6.42 Å². The number of hydrogen-bond acceptors (Lipinski definition) is 3. The third-order valence-corrected chi connectivity index (χ3v) is 3.12. The van der Waals surface area contributed by atoms with Gasteiger partial charge in [-0.1, -0.05) is 18.2 Å². The second kappa shape index (κ2) is 6.59. The largest absolute Gasteiger partial charge is 0.491 e. The molecule has 102 valence electrons. The molecule has 2 rings (SSSR count). The van der Waals surface area contributed by atoms with E-state index in [1.165, 1.54) is 6.08 Å². The zero-order chi connectivity index (χ0) is 13.7. The SMILES string of the molecule is C=CC(=O)Nc1cc(Cl)ccc1OCC1CCOC1. The molecule has 0 bridgehead atoms. The van der Waals surface area contributed by atoms with Gasteiger partial charge in [0.05, 0.1) is 18.9 Å². The van der Waals surface area contributed by atoms with Gasteiger partial charge in [0.15, 0.2) is 0 Å². The summed E-state index contributed by atoms with van der Waals surface area (Å²) in [6, 6.07) is 5.13. The van der Waals surface area contributed by atoms with Crippen LogP contribution in [0.3, 0.4) is 0 Å². The Bertz CT molecular complexity index is 470. The van der Waals surface area contributed by atoms with E-state index >= 15 is 0 Å². The van der Waals surface area contributed by atoms with Crippen molar-refractivity contribution in [3.63, 3.8) is 0 Å². The van der Waals surface area contributed by atoms with E-state index in [2.05, 4.69) is 11.9 Å². The highest BCUT2D eigenvalue weighted by atomic mass is 35.5. The molecule has 0 spiro atoms. The van der Waals surface area contributed by atoms with Crippen LogP contribution in [0.5, 0.6) is 5.75 Å². The molecule has 1 aliphatic rings.